The van der Waals surface area contributed by atoms with E-state index in [1.807, 2.05) is 17.9 Å². The Morgan fingerprint density at radius 2 is 1.84 bits per heavy atom. The number of hydrogen-bond acceptors (Lipinski definition) is 5. The Morgan fingerprint density at radius 1 is 1.20 bits per heavy atom. The zero-order chi connectivity index (χ0) is 18.0. The van der Waals surface area contributed by atoms with Crippen LogP contribution in [0.5, 0.6) is 0 Å². The summed E-state index contributed by atoms with van der Waals surface area (Å²) in [5.74, 6) is -1.12. The summed E-state index contributed by atoms with van der Waals surface area (Å²) in [5, 5.41) is 3.22. The number of carbonyl (C=O) groups is 1. The molecule has 138 valence electrons. The molecule has 1 aliphatic carbocycles. The van der Waals surface area contributed by atoms with Crippen molar-refractivity contribution >= 4 is 17.7 Å². The van der Waals surface area contributed by atoms with Crippen LogP contribution in [-0.4, -0.2) is 58.9 Å². The van der Waals surface area contributed by atoms with E-state index < -0.39 is 5.92 Å². The monoisotopic (exact) mass is 353 g/mol. The fourth-order valence-electron chi connectivity index (χ4n) is 3.40. The number of rotatable bonds is 3. The molecule has 0 unspecified atom stereocenters. The molecule has 1 aromatic heterocycles. The Hall–Kier alpha value is -1.99. The van der Waals surface area contributed by atoms with Crippen molar-refractivity contribution in [2.45, 2.75) is 51.5 Å². The molecule has 1 aromatic rings. The van der Waals surface area contributed by atoms with E-state index in [2.05, 4.69) is 20.2 Å². The number of halogens is 2. The smallest absolute Gasteiger partial charge is 0.248 e. The molecule has 0 spiro atoms. The molecule has 2 aliphatic rings. The zero-order valence-corrected chi connectivity index (χ0v) is 14.8. The highest BCUT2D eigenvalue weighted by molar-refractivity contribution is 5.73. The molecule has 0 atom stereocenters. The largest absolute Gasteiger partial charge is 0.353 e. The van der Waals surface area contributed by atoms with Gasteiger partial charge in [0.1, 0.15) is 5.82 Å². The fourth-order valence-corrected chi connectivity index (χ4v) is 3.40. The van der Waals surface area contributed by atoms with E-state index in [9.17, 15) is 13.6 Å². The summed E-state index contributed by atoms with van der Waals surface area (Å²) in [6.45, 7) is 6.30. The quantitative estimate of drug-likeness (QED) is 0.904. The zero-order valence-electron chi connectivity index (χ0n) is 14.8. The average Bonchev–Trinajstić information content (AvgIpc) is 2.56. The van der Waals surface area contributed by atoms with Gasteiger partial charge < -0.3 is 15.1 Å². The number of aryl methyl sites for hydroxylation is 1. The summed E-state index contributed by atoms with van der Waals surface area (Å²) in [6.07, 6.45) is 0.681. The second-order valence-corrected chi connectivity index (χ2v) is 6.96. The molecule has 2 heterocycles. The first kappa shape index (κ1) is 17.8. The van der Waals surface area contributed by atoms with Crippen LogP contribution in [0, 0.1) is 6.92 Å². The molecule has 8 heteroatoms. The third-order valence-corrected chi connectivity index (χ3v) is 4.94. The predicted molar refractivity (Wildman–Crippen MR) is 92.1 cm³/mol. The number of alkyl halides is 2. The molecule has 1 amide bonds. The molecule has 1 saturated carbocycles. The first-order valence-electron chi connectivity index (χ1n) is 8.83. The van der Waals surface area contributed by atoms with Gasteiger partial charge in [0, 0.05) is 63.7 Å². The van der Waals surface area contributed by atoms with Gasteiger partial charge in [-0.3, -0.25) is 4.79 Å². The van der Waals surface area contributed by atoms with Crippen LogP contribution in [0.4, 0.5) is 20.5 Å². The SMILES string of the molecule is CC(=O)N1CCN(c2cc(C)nc(NC3CCC(F)(F)CC3)n2)CC1. The Bertz CT molecular complexity index is 621. The highest BCUT2D eigenvalue weighted by atomic mass is 19.3. The van der Waals surface area contributed by atoms with Crippen molar-refractivity contribution < 1.29 is 13.6 Å². The molecular formula is C17H25F2N5O. The molecule has 3 rings (SSSR count). The number of carbonyl (C=O) groups excluding carboxylic acids is 1. The standard InChI is InChI=1S/C17H25F2N5O/c1-12-11-15(24-9-7-23(8-10-24)13(2)25)22-16(20-12)21-14-3-5-17(18,19)6-4-14/h11,14H,3-10H2,1-2H3,(H,20,21,22). The van der Waals surface area contributed by atoms with Crippen LogP contribution in [-0.2, 0) is 4.79 Å². The van der Waals surface area contributed by atoms with Crippen molar-refractivity contribution in [2.24, 2.45) is 0 Å². The third-order valence-electron chi connectivity index (χ3n) is 4.94. The van der Waals surface area contributed by atoms with Gasteiger partial charge in [-0.2, -0.15) is 4.98 Å². The molecule has 0 radical (unpaired) electrons. The summed E-state index contributed by atoms with van der Waals surface area (Å²) in [4.78, 5) is 24.4. The average molecular weight is 353 g/mol. The number of amides is 1. The van der Waals surface area contributed by atoms with Crippen molar-refractivity contribution in [3.05, 3.63) is 11.8 Å². The maximum Gasteiger partial charge on any atom is 0.248 e. The first-order chi connectivity index (χ1) is 11.8. The highest BCUT2D eigenvalue weighted by Gasteiger charge is 2.35. The second kappa shape index (κ2) is 7.09. The summed E-state index contributed by atoms with van der Waals surface area (Å²) in [7, 11) is 0. The van der Waals surface area contributed by atoms with Gasteiger partial charge in [-0.25, -0.2) is 13.8 Å². The fraction of sp³-hybridized carbons (Fsp3) is 0.706. The van der Waals surface area contributed by atoms with Crippen LogP contribution in [0.1, 0.15) is 38.3 Å². The lowest BCUT2D eigenvalue weighted by molar-refractivity contribution is -0.129. The van der Waals surface area contributed by atoms with Gasteiger partial charge >= 0.3 is 0 Å². The van der Waals surface area contributed by atoms with E-state index in [1.54, 1.807) is 6.92 Å². The maximum atomic E-state index is 13.3. The Morgan fingerprint density at radius 3 is 2.44 bits per heavy atom. The number of nitrogens with zero attached hydrogens (tertiary/aromatic N) is 4. The molecule has 25 heavy (non-hydrogen) atoms. The van der Waals surface area contributed by atoms with Crippen LogP contribution in [0.3, 0.4) is 0 Å². The topological polar surface area (TPSA) is 61.4 Å². The molecule has 6 nitrogen and oxygen atoms in total. The highest BCUT2D eigenvalue weighted by Crippen LogP contribution is 2.34. The Balaban J connectivity index is 1.64. The van der Waals surface area contributed by atoms with Crippen LogP contribution in [0.2, 0.25) is 0 Å². The van der Waals surface area contributed by atoms with E-state index in [0.717, 1.165) is 24.6 Å². The molecule has 1 saturated heterocycles. The number of hydrogen-bond donors (Lipinski definition) is 1. The summed E-state index contributed by atoms with van der Waals surface area (Å²) < 4.78 is 26.6. The number of aromatic nitrogens is 2. The normalized spacial score (nSPS) is 21.3. The minimum atomic E-state index is -2.53. The number of anilines is 2. The molecule has 0 aromatic carbocycles. The lowest BCUT2D eigenvalue weighted by Gasteiger charge is -2.35. The third kappa shape index (κ3) is 4.55. The number of piperazine rings is 1. The first-order valence-corrected chi connectivity index (χ1v) is 8.83. The Labute approximate surface area is 146 Å². The van der Waals surface area contributed by atoms with Crippen molar-refractivity contribution in [3.8, 4) is 0 Å². The summed E-state index contributed by atoms with van der Waals surface area (Å²) in [5.41, 5.74) is 0.836. The molecule has 2 fully saturated rings. The minimum Gasteiger partial charge on any atom is -0.353 e. The van der Waals surface area contributed by atoms with Gasteiger partial charge in [-0.1, -0.05) is 0 Å². The van der Waals surface area contributed by atoms with Crippen molar-refractivity contribution in [1.82, 2.24) is 14.9 Å². The molecule has 0 bridgehead atoms. The van der Waals surface area contributed by atoms with E-state index in [-0.39, 0.29) is 24.8 Å². The lowest BCUT2D eigenvalue weighted by Crippen LogP contribution is -2.48. The number of nitrogens with one attached hydrogen (secondary N) is 1. The van der Waals surface area contributed by atoms with Crippen molar-refractivity contribution in [2.75, 3.05) is 36.4 Å². The molecular weight excluding hydrogens is 328 g/mol. The van der Waals surface area contributed by atoms with Gasteiger partial charge in [0.25, 0.3) is 0 Å². The van der Waals surface area contributed by atoms with Gasteiger partial charge in [0.15, 0.2) is 0 Å². The van der Waals surface area contributed by atoms with Gasteiger partial charge in [-0.15, -0.1) is 0 Å². The van der Waals surface area contributed by atoms with E-state index >= 15 is 0 Å². The minimum absolute atomic E-state index is 0.0103. The molecule has 1 aliphatic heterocycles. The van der Waals surface area contributed by atoms with Gasteiger partial charge in [0.05, 0.1) is 0 Å². The van der Waals surface area contributed by atoms with Crippen LogP contribution in [0.25, 0.3) is 0 Å². The predicted octanol–water partition coefficient (Wildman–Crippen LogP) is 2.44. The van der Waals surface area contributed by atoms with Crippen LogP contribution in [0.15, 0.2) is 6.07 Å². The summed E-state index contributed by atoms with van der Waals surface area (Å²) >= 11 is 0. The molecule has 1 N–H and O–H groups in total. The summed E-state index contributed by atoms with van der Waals surface area (Å²) in [6, 6.07) is 1.91. The van der Waals surface area contributed by atoms with Crippen LogP contribution < -0.4 is 10.2 Å². The van der Waals surface area contributed by atoms with E-state index in [1.165, 1.54) is 0 Å². The van der Waals surface area contributed by atoms with Crippen LogP contribution >= 0.6 is 0 Å². The second-order valence-electron chi connectivity index (χ2n) is 6.96. The maximum absolute atomic E-state index is 13.3. The van der Waals surface area contributed by atoms with E-state index in [0.29, 0.717) is 31.9 Å². The van der Waals surface area contributed by atoms with Gasteiger partial charge in [-0.05, 0) is 19.8 Å². The van der Waals surface area contributed by atoms with Gasteiger partial charge in [0.2, 0.25) is 17.8 Å². The van der Waals surface area contributed by atoms with Crippen molar-refractivity contribution in [3.63, 3.8) is 0 Å². The van der Waals surface area contributed by atoms with E-state index in [4.69, 9.17) is 0 Å². The van der Waals surface area contributed by atoms with Crippen molar-refractivity contribution in [1.29, 1.82) is 0 Å². The Kier molecular flexibility index (Phi) is 5.06. The lowest BCUT2D eigenvalue weighted by atomic mass is 9.92.